The van der Waals surface area contributed by atoms with Gasteiger partial charge >= 0.3 is 13.1 Å². The average molecular weight is 348 g/mol. The normalized spacial score (nSPS) is 25.7. The summed E-state index contributed by atoms with van der Waals surface area (Å²) in [4.78, 5) is 23.4. The van der Waals surface area contributed by atoms with Crippen LogP contribution in [0.5, 0.6) is 5.75 Å². The first-order valence-electron chi connectivity index (χ1n) is 8.30. The summed E-state index contributed by atoms with van der Waals surface area (Å²) in [5.74, 6) is -1.86. The van der Waals surface area contributed by atoms with Crippen molar-refractivity contribution >= 4 is 19.0 Å². The molecule has 9 heteroatoms. The number of carboxylic acids is 1. The molecule has 1 fully saturated rings. The maximum Gasteiger partial charge on any atom is 0.547 e. The van der Waals surface area contributed by atoms with Crippen LogP contribution in [-0.2, 0) is 16.0 Å². The van der Waals surface area contributed by atoms with Gasteiger partial charge in [0.2, 0.25) is 5.91 Å². The predicted octanol–water partition coefficient (Wildman–Crippen LogP) is -0.279. The third kappa shape index (κ3) is 4.12. The zero-order valence-electron chi connectivity index (χ0n) is 13.7. The summed E-state index contributed by atoms with van der Waals surface area (Å²) < 4.78 is 10.9. The highest BCUT2D eigenvalue weighted by atomic mass is 16.5. The predicted molar refractivity (Wildman–Crippen MR) is 89.2 cm³/mol. The first kappa shape index (κ1) is 17.7. The molecule has 0 bridgehead atoms. The van der Waals surface area contributed by atoms with Gasteiger partial charge in [-0.15, -0.1) is 0 Å². The molecule has 2 heterocycles. The van der Waals surface area contributed by atoms with Crippen LogP contribution in [0.15, 0.2) is 18.2 Å². The van der Waals surface area contributed by atoms with Crippen LogP contribution in [0.25, 0.3) is 0 Å². The van der Waals surface area contributed by atoms with Crippen LogP contribution in [0.2, 0.25) is 0 Å². The van der Waals surface area contributed by atoms with E-state index >= 15 is 0 Å². The van der Waals surface area contributed by atoms with Gasteiger partial charge < -0.3 is 30.6 Å². The molecule has 8 nitrogen and oxygen atoms in total. The van der Waals surface area contributed by atoms with Crippen molar-refractivity contribution in [3.8, 4) is 5.75 Å². The third-order valence-corrected chi connectivity index (χ3v) is 4.51. The van der Waals surface area contributed by atoms with Crippen LogP contribution in [0.4, 0.5) is 0 Å². The van der Waals surface area contributed by atoms with Crippen LogP contribution >= 0.6 is 0 Å². The Morgan fingerprint density at radius 3 is 2.84 bits per heavy atom. The maximum absolute atomic E-state index is 12.2. The molecule has 2 aliphatic heterocycles. The number of fused-ring (bicyclic) bond motifs is 1. The fourth-order valence-electron chi connectivity index (χ4n) is 3.18. The number of benzene rings is 1. The number of ether oxygens (including phenoxy) is 1. The monoisotopic (exact) mass is 348 g/mol. The van der Waals surface area contributed by atoms with Crippen molar-refractivity contribution in [1.29, 1.82) is 0 Å². The van der Waals surface area contributed by atoms with Crippen molar-refractivity contribution in [3.05, 3.63) is 29.3 Å². The molecule has 5 N–H and O–H groups in total. The van der Waals surface area contributed by atoms with E-state index in [2.05, 4.69) is 5.32 Å². The van der Waals surface area contributed by atoms with Gasteiger partial charge in [-0.3, -0.25) is 4.79 Å². The molecule has 3 rings (SSSR count). The Bertz CT molecular complexity index is 662. The zero-order chi connectivity index (χ0) is 18.0. The summed E-state index contributed by atoms with van der Waals surface area (Å²) in [6, 6.07) is 4.77. The van der Waals surface area contributed by atoms with Gasteiger partial charge in [-0.25, -0.2) is 4.79 Å². The van der Waals surface area contributed by atoms with E-state index in [0.29, 0.717) is 18.6 Å². The quantitative estimate of drug-likeness (QED) is 0.551. The van der Waals surface area contributed by atoms with Gasteiger partial charge in [0.25, 0.3) is 0 Å². The minimum atomic E-state index is -1.31. The van der Waals surface area contributed by atoms with Crippen LogP contribution in [-0.4, -0.2) is 53.8 Å². The smallest absolute Gasteiger partial charge is 0.534 e. The number of carboxylic acid groups (broad SMARTS) is 1. The Labute approximate surface area is 145 Å². The molecule has 1 aromatic rings. The number of carbonyl (C=O) groups is 2. The van der Waals surface area contributed by atoms with E-state index in [0.717, 1.165) is 12.8 Å². The number of carbonyl (C=O) groups excluding carboxylic acids is 1. The lowest BCUT2D eigenvalue weighted by molar-refractivity contribution is -0.125. The summed E-state index contributed by atoms with van der Waals surface area (Å²) >= 11 is 0. The molecular formula is C16H21BN2O6. The molecule has 0 radical (unpaired) electrons. The summed E-state index contributed by atoms with van der Waals surface area (Å²) in [7, 11) is -1.31. The Morgan fingerprint density at radius 2 is 2.16 bits per heavy atom. The molecular weight excluding hydrogens is 327 g/mol. The Hall–Kier alpha value is -2.10. The SMILES string of the molecule is NC1CCC(CC(=O)N[C@H]2Cc3cccc(C(=O)O)c3OB2O)OC1. The van der Waals surface area contributed by atoms with Crippen LogP contribution in [0, 0.1) is 0 Å². The van der Waals surface area contributed by atoms with Crippen molar-refractivity contribution < 1.29 is 29.1 Å². The molecule has 2 aliphatic rings. The molecule has 1 saturated heterocycles. The molecule has 0 saturated carbocycles. The van der Waals surface area contributed by atoms with Crippen molar-refractivity contribution in [1.82, 2.24) is 5.32 Å². The van der Waals surface area contributed by atoms with Gasteiger partial charge in [-0.1, -0.05) is 12.1 Å². The minimum absolute atomic E-state index is 0.00623. The first-order chi connectivity index (χ1) is 11.9. The topological polar surface area (TPSA) is 131 Å². The number of nitrogens with two attached hydrogens (primary N) is 1. The number of hydrogen-bond acceptors (Lipinski definition) is 6. The molecule has 3 atom stereocenters. The number of aromatic carboxylic acids is 1. The second kappa shape index (κ2) is 7.43. The lowest BCUT2D eigenvalue weighted by Gasteiger charge is -2.30. The molecule has 0 aliphatic carbocycles. The average Bonchev–Trinajstić information content (AvgIpc) is 2.57. The van der Waals surface area contributed by atoms with Crippen molar-refractivity contribution in [2.45, 2.75) is 43.8 Å². The van der Waals surface area contributed by atoms with E-state index in [4.69, 9.17) is 15.1 Å². The number of para-hydroxylation sites is 1. The van der Waals surface area contributed by atoms with Gasteiger partial charge in [-0.05, 0) is 30.9 Å². The molecule has 1 amide bonds. The Kier molecular flexibility index (Phi) is 5.26. The molecule has 25 heavy (non-hydrogen) atoms. The van der Waals surface area contributed by atoms with E-state index in [1.165, 1.54) is 6.07 Å². The minimum Gasteiger partial charge on any atom is -0.534 e. The second-order valence-electron chi connectivity index (χ2n) is 6.48. The summed E-state index contributed by atoms with van der Waals surface area (Å²) in [6.45, 7) is 0.443. The lowest BCUT2D eigenvalue weighted by atomic mass is 9.72. The van der Waals surface area contributed by atoms with Crippen LogP contribution in [0.1, 0.15) is 35.2 Å². The van der Waals surface area contributed by atoms with E-state index in [9.17, 15) is 19.7 Å². The summed E-state index contributed by atoms with van der Waals surface area (Å²) in [5.41, 5.74) is 6.39. The van der Waals surface area contributed by atoms with E-state index < -0.39 is 19.0 Å². The van der Waals surface area contributed by atoms with Gasteiger partial charge in [0.05, 0.1) is 30.6 Å². The fraction of sp³-hybridized carbons (Fsp3) is 0.500. The molecule has 134 valence electrons. The zero-order valence-corrected chi connectivity index (χ0v) is 13.7. The Morgan fingerprint density at radius 1 is 1.36 bits per heavy atom. The van der Waals surface area contributed by atoms with Gasteiger partial charge in [0, 0.05) is 6.04 Å². The van der Waals surface area contributed by atoms with Gasteiger partial charge in [0.1, 0.15) is 5.75 Å². The number of hydrogen-bond donors (Lipinski definition) is 4. The number of nitrogens with one attached hydrogen (secondary N) is 1. The standard InChI is InChI=1S/C16H21BN2O6/c18-10-4-5-11(24-8-10)7-14(20)19-13-6-9-2-1-3-12(16(21)22)15(9)25-17(13)23/h1-3,10-11,13,23H,4-8,18H2,(H,19,20)(H,21,22)/t10?,11?,13-/m0/s1. The molecule has 0 spiro atoms. The van der Waals surface area contributed by atoms with Crippen molar-refractivity contribution in [2.75, 3.05) is 6.61 Å². The number of amides is 1. The highest BCUT2D eigenvalue weighted by molar-refractivity contribution is 6.47. The lowest BCUT2D eigenvalue weighted by Crippen LogP contribution is -2.53. The maximum atomic E-state index is 12.2. The highest BCUT2D eigenvalue weighted by Crippen LogP contribution is 2.30. The largest absolute Gasteiger partial charge is 0.547 e. The Balaban J connectivity index is 1.61. The van der Waals surface area contributed by atoms with Gasteiger partial charge in [-0.2, -0.15) is 0 Å². The van der Waals surface area contributed by atoms with E-state index in [-0.39, 0.29) is 35.8 Å². The van der Waals surface area contributed by atoms with Crippen LogP contribution < -0.4 is 15.7 Å². The molecule has 1 aromatic carbocycles. The van der Waals surface area contributed by atoms with Crippen molar-refractivity contribution in [2.24, 2.45) is 5.73 Å². The number of rotatable bonds is 4. The van der Waals surface area contributed by atoms with Gasteiger partial charge in [0.15, 0.2) is 0 Å². The molecule has 0 aromatic heterocycles. The summed E-state index contributed by atoms with van der Waals surface area (Å²) in [6.07, 6.45) is 1.85. The van der Waals surface area contributed by atoms with E-state index in [1.807, 2.05) is 0 Å². The fourth-order valence-corrected chi connectivity index (χ4v) is 3.18. The van der Waals surface area contributed by atoms with E-state index in [1.54, 1.807) is 12.1 Å². The first-order valence-corrected chi connectivity index (χ1v) is 8.30. The summed E-state index contributed by atoms with van der Waals surface area (Å²) in [5, 5.41) is 22.1. The third-order valence-electron chi connectivity index (χ3n) is 4.51. The van der Waals surface area contributed by atoms with Crippen molar-refractivity contribution in [3.63, 3.8) is 0 Å². The van der Waals surface area contributed by atoms with Crippen LogP contribution in [0.3, 0.4) is 0 Å². The second-order valence-corrected chi connectivity index (χ2v) is 6.48. The highest BCUT2D eigenvalue weighted by Gasteiger charge is 2.38. The molecule has 2 unspecified atom stereocenters.